The number of aromatic hydroxyl groups is 1. The van der Waals surface area contributed by atoms with Crippen LogP contribution in [0.2, 0.25) is 0 Å². The number of thioether (sulfide) groups is 1. The van der Waals surface area contributed by atoms with Gasteiger partial charge >= 0.3 is 0 Å². The van der Waals surface area contributed by atoms with Gasteiger partial charge in [-0.05, 0) is 59.3 Å². The maximum atomic E-state index is 12.9. The van der Waals surface area contributed by atoms with Crippen molar-refractivity contribution in [2.24, 2.45) is 0 Å². The Hall–Kier alpha value is -3.25. The monoisotopic (exact) mass is 405 g/mol. The minimum Gasteiger partial charge on any atom is -0.507 e. The molecule has 0 aliphatic carbocycles. The Bertz CT molecular complexity index is 1130. The van der Waals surface area contributed by atoms with Gasteiger partial charge in [0.25, 0.3) is 11.1 Å². The van der Waals surface area contributed by atoms with Gasteiger partial charge in [0.15, 0.2) is 0 Å². The predicted molar refractivity (Wildman–Crippen MR) is 115 cm³/mol. The fourth-order valence-electron chi connectivity index (χ4n) is 3.28. The number of benzene rings is 3. The molecule has 3 aromatic rings. The Kier molecular flexibility index (Phi) is 5.27. The van der Waals surface area contributed by atoms with E-state index in [0.717, 1.165) is 28.1 Å². The van der Waals surface area contributed by atoms with E-state index in [2.05, 4.69) is 0 Å². The molecule has 3 aromatic carbocycles. The van der Waals surface area contributed by atoms with Crippen LogP contribution >= 0.6 is 11.8 Å². The lowest BCUT2D eigenvalue weighted by Gasteiger charge is -2.14. The highest BCUT2D eigenvalue weighted by atomic mass is 32.2. The molecule has 1 aliphatic heterocycles. The average molecular weight is 405 g/mol. The van der Waals surface area contributed by atoms with E-state index in [4.69, 9.17) is 4.74 Å². The van der Waals surface area contributed by atoms with Crippen LogP contribution in [0.15, 0.2) is 65.6 Å². The summed E-state index contributed by atoms with van der Waals surface area (Å²) >= 11 is 0.876. The number of carbonyl (C=O) groups excluding carboxylic acids is 2. The van der Waals surface area contributed by atoms with E-state index >= 15 is 0 Å². The molecule has 0 saturated carbocycles. The van der Waals surface area contributed by atoms with Gasteiger partial charge < -0.3 is 9.84 Å². The third-order valence-corrected chi connectivity index (χ3v) is 5.59. The van der Waals surface area contributed by atoms with Crippen molar-refractivity contribution in [1.82, 2.24) is 4.90 Å². The van der Waals surface area contributed by atoms with E-state index in [1.165, 1.54) is 17.0 Å². The minimum atomic E-state index is -0.367. The number of phenols is 1. The number of amides is 2. The van der Waals surface area contributed by atoms with Gasteiger partial charge in [-0.2, -0.15) is 0 Å². The van der Waals surface area contributed by atoms with Crippen LogP contribution in [0.3, 0.4) is 0 Å². The van der Waals surface area contributed by atoms with E-state index in [9.17, 15) is 14.7 Å². The van der Waals surface area contributed by atoms with Gasteiger partial charge in [-0.1, -0.05) is 42.5 Å². The number of phenolic OH excluding ortho intramolecular Hbond substituents is 1. The molecule has 0 atom stereocenters. The molecule has 0 spiro atoms. The smallest absolute Gasteiger partial charge is 0.293 e. The Morgan fingerprint density at radius 1 is 1.07 bits per heavy atom. The van der Waals surface area contributed by atoms with Gasteiger partial charge in [-0.3, -0.25) is 14.5 Å². The van der Waals surface area contributed by atoms with Gasteiger partial charge in [-0.15, -0.1) is 0 Å². The second-order valence-electron chi connectivity index (χ2n) is 6.56. The topological polar surface area (TPSA) is 66.8 Å². The second-order valence-corrected chi connectivity index (χ2v) is 7.55. The number of rotatable bonds is 5. The summed E-state index contributed by atoms with van der Waals surface area (Å²) in [5.41, 5.74) is 1.35. The molecule has 1 N–H and O–H groups in total. The number of carbonyl (C=O) groups is 2. The Labute approximate surface area is 172 Å². The summed E-state index contributed by atoms with van der Waals surface area (Å²) in [6.45, 7) is 2.56. The highest BCUT2D eigenvalue weighted by Gasteiger charge is 2.35. The SMILES string of the molecule is CCOc1ccc(O)c(/C=C2\SC(=O)N(Cc3cccc4ccccc34)C2=O)c1. The Balaban J connectivity index is 1.62. The van der Waals surface area contributed by atoms with E-state index in [1.54, 1.807) is 12.1 Å². The van der Waals surface area contributed by atoms with Gasteiger partial charge in [0.1, 0.15) is 11.5 Å². The molecule has 146 valence electrons. The molecule has 1 fully saturated rings. The van der Waals surface area contributed by atoms with Gasteiger partial charge in [-0.25, -0.2) is 0 Å². The predicted octanol–water partition coefficient (Wildman–Crippen LogP) is 5.18. The summed E-state index contributed by atoms with van der Waals surface area (Å²) < 4.78 is 5.45. The number of ether oxygens (including phenoxy) is 1. The molecular formula is C23H19NO4S. The van der Waals surface area contributed by atoms with Crippen molar-refractivity contribution in [3.05, 3.63) is 76.7 Å². The van der Waals surface area contributed by atoms with Crippen molar-refractivity contribution in [2.45, 2.75) is 13.5 Å². The maximum Gasteiger partial charge on any atom is 0.293 e. The van der Waals surface area contributed by atoms with E-state index < -0.39 is 0 Å². The Morgan fingerprint density at radius 2 is 1.86 bits per heavy atom. The molecule has 0 radical (unpaired) electrons. The molecule has 1 heterocycles. The molecule has 6 heteroatoms. The van der Waals surface area contributed by atoms with Crippen molar-refractivity contribution >= 4 is 39.8 Å². The van der Waals surface area contributed by atoms with Crippen LogP contribution in [0.4, 0.5) is 4.79 Å². The number of fused-ring (bicyclic) bond motifs is 1. The zero-order chi connectivity index (χ0) is 20.4. The fraction of sp³-hybridized carbons (Fsp3) is 0.130. The van der Waals surface area contributed by atoms with E-state index in [1.807, 2.05) is 49.4 Å². The van der Waals surface area contributed by atoms with Crippen LogP contribution in [-0.2, 0) is 11.3 Å². The summed E-state index contributed by atoms with van der Waals surface area (Å²) in [5, 5.41) is 11.9. The first-order valence-corrected chi connectivity index (χ1v) is 10.1. The van der Waals surface area contributed by atoms with Crippen LogP contribution < -0.4 is 4.74 Å². The third kappa shape index (κ3) is 3.84. The number of hydrogen-bond donors (Lipinski definition) is 1. The summed E-state index contributed by atoms with van der Waals surface area (Å²) in [6, 6.07) is 18.5. The summed E-state index contributed by atoms with van der Waals surface area (Å²) in [4.78, 5) is 26.9. The molecule has 4 rings (SSSR count). The molecule has 0 aromatic heterocycles. The van der Waals surface area contributed by atoms with Crippen LogP contribution in [0.1, 0.15) is 18.1 Å². The quantitative estimate of drug-likeness (QED) is 0.593. The van der Waals surface area contributed by atoms with Gasteiger partial charge in [0.2, 0.25) is 0 Å². The van der Waals surface area contributed by atoms with Crippen LogP contribution in [0, 0.1) is 0 Å². The van der Waals surface area contributed by atoms with E-state index in [-0.39, 0.29) is 28.3 Å². The first-order chi connectivity index (χ1) is 14.1. The van der Waals surface area contributed by atoms with Gasteiger partial charge in [0, 0.05) is 5.56 Å². The van der Waals surface area contributed by atoms with Crippen molar-refractivity contribution in [2.75, 3.05) is 6.61 Å². The first kappa shape index (κ1) is 19.1. The molecule has 1 saturated heterocycles. The van der Waals surface area contributed by atoms with Gasteiger partial charge in [0.05, 0.1) is 18.1 Å². The molecule has 1 aliphatic rings. The number of hydrogen-bond acceptors (Lipinski definition) is 5. The van der Waals surface area contributed by atoms with Crippen molar-refractivity contribution in [3.63, 3.8) is 0 Å². The molecule has 2 amide bonds. The maximum absolute atomic E-state index is 12.9. The van der Waals surface area contributed by atoms with Crippen LogP contribution in [-0.4, -0.2) is 27.8 Å². The highest BCUT2D eigenvalue weighted by Crippen LogP contribution is 2.36. The zero-order valence-corrected chi connectivity index (χ0v) is 16.6. The summed E-state index contributed by atoms with van der Waals surface area (Å²) in [7, 11) is 0. The lowest BCUT2D eigenvalue weighted by atomic mass is 10.0. The average Bonchev–Trinajstić information content (AvgIpc) is 2.98. The fourth-order valence-corrected chi connectivity index (χ4v) is 4.11. The first-order valence-electron chi connectivity index (χ1n) is 9.24. The van der Waals surface area contributed by atoms with E-state index in [0.29, 0.717) is 17.9 Å². The largest absolute Gasteiger partial charge is 0.507 e. The lowest BCUT2D eigenvalue weighted by Crippen LogP contribution is -2.27. The van der Waals surface area contributed by atoms with Crippen molar-refractivity contribution in [3.8, 4) is 11.5 Å². The number of imide groups is 1. The second kappa shape index (κ2) is 8.01. The molecule has 0 unspecified atom stereocenters. The minimum absolute atomic E-state index is 0.0225. The lowest BCUT2D eigenvalue weighted by molar-refractivity contribution is -0.123. The van der Waals surface area contributed by atoms with Crippen LogP contribution in [0.5, 0.6) is 11.5 Å². The highest BCUT2D eigenvalue weighted by molar-refractivity contribution is 8.18. The van der Waals surface area contributed by atoms with Crippen LogP contribution in [0.25, 0.3) is 16.8 Å². The molecule has 5 nitrogen and oxygen atoms in total. The normalized spacial score (nSPS) is 15.5. The van der Waals surface area contributed by atoms with Crippen molar-refractivity contribution in [1.29, 1.82) is 0 Å². The number of nitrogens with zero attached hydrogens (tertiary/aromatic N) is 1. The summed E-state index contributed by atoms with van der Waals surface area (Å²) in [6.07, 6.45) is 1.53. The van der Waals surface area contributed by atoms with Crippen molar-refractivity contribution < 1.29 is 19.4 Å². The third-order valence-electron chi connectivity index (χ3n) is 4.68. The molecular weight excluding hydrogens is 386 g/mol. The molecule has 29 heavy (non-hydrogen) atoms. The standard InChI is InChI=1S/C23H19NO4S/c1-2-28-18-10-11-20(25)17(12-18)13-21-22(26)24(23(27)29-21)14-16-8-5-7-15-6-3-4-9-19(15)16/h3-13,25H,2,14H2,1H3/b21-13-. The summed E-state index contributed by atoms with van der Waals surface area (Å²) in [5.74, 6) is 0.245. The zero-order valence-electron chi connectivity index (χ0n) is 15.8. The molecule has 0 bridgehead atoms. The Morgan fingerprint density at radius 3 is 2.69 bits per heavy atom.